The molecule has 1 heterocycles. The smallest absolute Gasteiger partial charge is 0.276 e. The maximum absolute atomic E-state index is 12.8. The van der Waals surface area contributed by atoms with E-state index in [2.05, 4.69) is 10.9 Å². The molecule has 1 aliphatic heterocycles. The zero-order chi connectivity index (χ0) is 24.6. The second-order valence-corrected chi connectivity index (χ2v) is 10.3. The Balaban J connectivity index is 1.48. The van der Waals surface area contributed by atoms with Crippen molar-refractivity contribution in [3.8, 4) is 5.75 Å². The SMILES string of the molecule is Cc1ccc(C)c(OCC(=O)NNC(=O)/C=C/c2ccc(S(=O)(=O)N3CCCCCC3)cc2)c1. The van der Waals surface area contributed by atoms with E-state index in [-0.39, 0.29) is 11.5 Å². The van der Waals surface area contributed by atoms with E-state index in [0.717, 1.165) is 36.8 Å². The van der Waals surface area contributed by atoms with Crippen molar-refractivity contribution in [1.82, 2.24) is 15.2 Å². The van der Waals surface area contributed by atoms with Crippen molar-refractivity contribution in [3.63, 3.8) is 0 Å². The molecular formula is C25H31N3O5S. The Hall–Kier alpha value is -3.17. The van der Waals surface area contributed by atoms with Crippen LogP contribution in [0.5, 0.6) is 5.75 Å². The fourth-order valence-electron chi connectivity index (χ4n) is 3.57. The van der Waals surface area contributed by atoms with Gasteiger partial charge in [0.25, 0.3) is 11.8 Å². The van der Waals surface area contributed by atoms with Gasteiger partial charge in [0.1, 0.15) is 5.75 Å². The molecule has 1 fully saturated rings. The Morgan fingerprint density at radius 1 is 0.971 bits per heavy atom. The molecule has 0 radical (unpaired) electrons. The predicted octanol–water partition coefficient (Wildman–Crippen LogP) is 3.11. The summed E-state index contributed by atoms with van der Waals surface area (Å²) in [5.41, 5.74) is 7.18. The van der Waals surface area contributed by atoms with Crippen molar-refractivity contribution >= 4 is 27.9 Å². The fraction of sp³-hybridized carbons (Fsp3) is 0.360. The maximum Gasteiger partial charge on any atom is 0.276 e. The van der Waals surface area contributed by atoms with E-state index in [0.29, 0.717) is 24.4 Å². The summed E-state index contributed by atoms with van der Waals surface area (Å²) in [6.07, 6.45) is 6.66. The number of nitrogens with zero attached hydrogens (tertiary/aromatic N) is 1. The number of benzene rings is 2. The van der Waals surface area contributed by atoms with Gasteiger partial charge in [0.15, 0.2) is 6.61 Å². The van der Waals surface area contributed by atoms with E-state index in [1.165, 1.54) is 12.2 Å². The van der Waals surface area contributed by atoms with Gasteiger partial charge in [-0.25, -0.2) is 8.42 Å². The van der Waals surface area contributed by atoms with Crippen LogP contribution in [0.1, 0.15) is 42.4 Å². The number of hydrazine groups is 1. The van der Waals surface area contributed by atoms with Crippen molar-refractivity contribution < 1.29 is 22.7 Å². The van der Waals surface area contributed by atoms with E-state index in [1.807, 2.05) is 32.0 Å². The van der Waals surface area contributed by atoms with Crippen LogP contribution in [-0.4, -0.2) is 44.2 Å². The predicted molar refractivity (Wildman–Crippen MR) is 130 cm³/mol. The van der Waals surface area contributed by atoms with Crippen LogP contribution in [-0.2, 0) is 19.6 Å². The number of ether oxygens (including phenoxy) is 1. The second kappa shape index (κ2) is 11.8. The van der Waals surface area contributed by atoms with E-state index in [9.17, 15) is 18.0 Å². The molecule has 0 bridgehead atoms. The van der Waals surface area contributed by atoms with Gasteiger partial charge in [-0.3, -0.25) is 20.4 Å². The van der Waals surface area contributed by atoms with Crippen molar-refractivity contribution in [2.24, 2.45) is 0 Å². The molecule has 2 aromatic rings. The molecule has 2 amide bonds. The maximum atomic E-state index is 12.8. The lowest BCUT2D eigenvalue weighted by molar-refractivity contribution is -0.128. The Labute approximate surface area is 201 Å². The lowest BCUT2D eigenvalue weighted by Crippen LogP contribution is -2.43. The molecule has 34 heavy (non-hydrogen) atoms. The Bertz CT molecular complexity index is 1140. The number of nitrogens with one attached hydrogen (secondary N) is 2. The van der Waals surface area contributed by atoms with Crippen LogP contribution in [0.4, 0.5) is 0 Å². The summed E-state index contributed by atoms with van der Waals surface area (Å²) in [7, 11) is -3.51. The second-order valence-electron chi connectivity index (χ2n) is 8.32. The molecule has 0 unspecified atom stereocenters. The molecule has 2 aromatic carbocycles. The lowest BCUT2D eigenvalue weighted by Gasteiger charge is -2.19. The summed E-state index contributed by atoms with van der Waals surface area (Å²) in [5, 5.41) is 0. The van der Waals surface area contributed by atoms with Crippen LogP contribution in [0.15, 0.2) is 53.4 Å². The van der Waals surface area contributed by atoms with Gasteiger partial charge >= 0.3 is 0 Å². The van der Waals surface area contributed by atoms with Crippen molar-refractivity contribution in [2.75, 3.05) is 19.7 Å². The minimum absolute atomic E-state index is 0.235. The zero-order valence-electron chi connectivity index (χ0n) is 19.5. The fourth-order valence-corrected chi connectivity index (χ4v) is 5.09. The highest BCUT2D eigenvalue weighted by atomic mass is 32.2. The number of aryl methyl sites for hydroxylation is 2. The minimum Gasteiger partial charge on any atom is -0.483 e. The third-order valence-electron chi connectivity index (χ3n) is 5.54. The quantitative estimate of drug-likeness (QED) is 0.463. The topological polar surface area (TPSA) is 105 Å². The summed E-state index contributed by atoms with van der Waals surface area (Å²) >= 11 is 0. The van der Waals surface area contributed by atoms with E-state index < -0.39 is 21.8 Å². The molecule has 3 rings (SSSR count). The highest BCUT2D eigenvalue weighted by Gasteiger charge is 2.24. The molecule has 1 saturated heterocycles. The molecule has 0 aliphatic carbocycles. The van der Waals surface area contributed by atoms with Gasteiger partial charge in [0.2, 0.25) is 10.0 Å². The van der Waals surface area contributed by atoms with Gasteiger partial charge in [-0.05, 0) is 67.7 Å². The first-order valence-electron chi connectivity index (χ1n) is 11.3. The molecule has 182 valence electrons. The monoisotopic (exact) mass is 485 g/mol. The first kappa shape index (κ1) is 25.5. The lowest BCUT2D eigenvalue weighted by atomic mass is 10.1. The molecule has 0 aromatic heterocycles. The van der Waals surface area contributed by atoms with Gasteiger partial charge in [0.05, 0.1) is 4.90 Å². The van der Waals surface area contributed by atoms with Crippen LogP contribution in [0, 0.1) is 13.8 Å². The highest BCUT2D eigenvalue weighted by Crippen LogP contribution is 2.21. The number of rotatable bonds is 7. The third-order valence-corrected chi connectivity index (χ3v) is 7.45. The van der Waals surface area contributed by atoms with Crippen LogP contribution in [0.2, 0.25) is 0 Å². The third kappa shape index (κ3) is 7.16. The first-order chi connectivity index (χ1) is 16.3. The van der Waals surface area contributed by atoms with Crippen molar-refractivity contribution in [3.05, 3.63) is 65.2 Å². The van der Waals surface area contributed by atoms with Crippen LogP contribution in [0.3, 0.4) is 0 Å². The van der Waals surface area contributed by atoms with E-state index >= 15 is 0 Å². The molecular weight excluding hydrogens is 454 g/mol. The Morgan fingerprint density at radius 2 is 1.65 bits per heavy atom. The molecule has 0 spiro atoms. The number of carbonyl (C=O) groups is 2. The summed E-state index contributed by atoms with van der Waals surface area (Å²) in [6.45, 7) is 4.68. The van der Waals surface area contributed by atoms with Crippen molar-refractivity contribution in [2.45, 2.75) is 44.4 Å². The van der Waals surface area contributed by atoms with Gasteiger partial charge in [-0.1, -0.05) is 37.1 Å². The number of hydrogen-bond donors (Lipinski definition) is 2. The zero-order valence-corrected chi connectivity index (χ0v) is 20.4. The van der Waals surface area contributed by atoms with Gasteiger partial charge in [0, 0.05) is 19.2 Å². The number of hydrogen-bond acceptors (Lipinski definition) is 5. The largest absolute Gasteiger partial charge is 0.483 e. The molecule has 0 saturated carbocycles. The van der Waals surface area contributed by atoms with Gasteiger partial charge in [-0.2, -0.15) is 4.31 Å². The normalized spacial score (nSPS) is 15.0. The minimum atomic E-state index is -3.51. The summed E-state index contributed by atoms with van der Waals surface area (Å²) < 4.78 is 32.7. The van der Waals surface area contributed by atoms with E-state index in [4.69, 9.17) is 4.74 Å². The van der Waals surface area contributed by atoms with E-state index in [1.54, 1.807) is 28.6 Å². The van der Waals surface area contributed by atoms with Gasteiger partial charge < -0.3 is 4.74 Å². The molecule has 0 atom stereocenters. The first-order valence-corrected chi connectivity index (χ1v) is 12.8. The molecule has 9 heteroatoms. The van der Waals surface area contributed by atoms with Crippen LogP contribution < -0.4 is 15.6 Å². The van der Waals surface area contributed by atoms with Gasteiger partial charge in [-0.15, -0.1) is 0 Å². The summed E-state index contributed by atoms with van der Waals surface area (Å²) in [6, 6.07) is 12.1. The highest BCUT2D eigenvalue weighted by molar-refractivity contribution is 7.89. The standard InChI is InChI=1S/C25H31N3O5S/c1-19-7-8-20(2)23(17-19)33-18-25(30)27-26-24(29)14-11-21-9-12-22(13-10-21)34(31,32)28-15-5-3-4-6-16-28/h7-14,17H,3-6,15-16,18H2,1-2H3,(H,26,29)(H,27,30)/b14-11+. The van der Waals surface area contributed by atoms with Crippen LogP contribution in [0.25, 0.3) is 6.08 Å². The molecule has 1 aliphatic rings. The average molecular weight is 486 g/mol. The van der Waals surface area contributed by atoms with Crippen molar-refractivity contribution in [1.29, 1.82) is 0 Å². The average Bonchev–Trinajstić information content (AvgIpc) is 3.12. The summed E-state index contributed by atoms with van der Waals surface area (Å²) in [5.74, 6) is -0.408. The molecule has 2 N–H and O–H groups in total. The summed E-state index contributed by atoms with van der Waals surface area (Å²) in [4.78, 5) is 24.2. The molecule has 8 nitrogen and oxygen atoms in total. The number of amides is 2. The Morgan fingerprint density at radius 3 is 2.32 bits per heavy atom. The number of sulfonamides is 1. The Kier molecular flexibility index (Phi) is 8.84. The van der Waals surface area contributed by atoms with Crippen LogP contribution >= 0.6 is 0 Å². The number of carbonyl (C=O) groups excluding carboxylic acids is 2.